The number of hydrogen-bond donors (Lipinski definition) is 1. The molecule has 1 aromatic heterocycles. The molecule has 1 N–H and O–H groups in total. The Kier molecular flexibility index (Phi) is 6.71. The van der Waals surface area contributed by atoms with E-state index in [1.54, 1.807) is 6.07 Å². The average molecular weight is 423 g/mol. The molecule has 0 saturated carbocycles. The normalized spacial score (nSPS) is 10.3. The third-order valence-electron chi connectivity index (χ3n) is 4.38. The Morgan fingerprint density at radius 3 is 2.29 bits per heavy atom. The molecule has 1 amide bonds. The highest BCUT2D eigenvalue weighted by Crippen LogP contribution is 2.22. The van der Waals surface area contributed by atoms with Gasteiger partial charge in [-0.15, -0.1) is 0 Å². The fourth-order valence-corrected chi connectivity index (χ4v) is 2.73. The number of esters is 2. The fraction of sp³-hybridized carbons (Fsp3) is 0.174. The van der Waals surface area contributed by atoms with Crippen LogP contribution in [0.15, 0.2) is 59.0 Å². The molecule has 0 radical (unpaired) electrons. The minimum absolute atomic E-state index is 0.0155. The lowest BCUT2D eigenvalue weighted by Crippen LogP contribution is -2.16. The van der Waals surface area contributed by atoms with Crippen LogP contribution in [0.1, 0.15) is 42.6 Å². The maximum absolute atomic E-state index is 12.6. The maximum atomic E-state index is 12.6. The van der Waals surface area contributed by atoms with E-state index in [9.17, 15) is 14.4 Å². The van der Waals surface area contributed by atoms with E-state index in [-0.39, 0.29) is 29.2 Å². The van der Waals surface area contributed by atoms with Crippen LogP contribution in [0.5, 0.6) is 5.75 Å². The van der Waals surface area contributed by atoms with Gasteiger partial charge in [-0.3, -0.25) is 4.79 Å². The number of hydrogen-bond acceptors (Lipinski definition) is 7. The van der Waals surface area contributed by atoms with Crippen LogP contribution in [-0.2, 0) is 16.1 Å². The molecule has 0 aliphatic rings. The van der Waals surface area contributed by atoms with Crippen molar-refractivity contribution in [1.82, 2.24) is 0 Å². The highest BCUT2D eigenvalue weighted by atomic mass is 16.5. The summed E-state index contributed by atoms with van der Waals surface area (Å²) >= 11 is 0. The molecule has 31 heavy (non-hydrogen) atoms. The van der Waals surface area contributed by atoms with Gasteiger partial charge in [0.15, 0.2) is 5.76 Å². The van der Waals surface area contributed by atoms with E-state index in [2.05, 4.69) is 10.1 Å². The molecule has 3 rings (SSSR count). The minimum atomic E-state index is -0.668. The van der Waals surface area contributed by atoms with Crippen LogP contribution in [0.25, 0.3) is 0 Å². The number of amides is 1. The number of rotatable bonds is 7. The van der Waals surface area contributed by atoms with Crippen LogP contribution in [0.2, 0.25) is 0 Å². The van der Waals surface area contributed by atoms with Crippen LogP contribution in [-0.4, -0.2) is 32.1 Å². The van der Waals surface area contributed by atoms with Crippen LogP contribution >= 0.6 is 0 Å². The van der Waals surface area contributed by atoms with Crippen molar-refractivity contribution >= 4 is 23.5 Å². The first kappa shape index (κ1) is 21.6. The smallest absolute Gasteiger partial charge is 0.339 e. The summed E-state index contributed by atoms with van der Waals surface area (Å²) in [5, 5.41) is 2.57. The van der Waals surface area contributed by atoms with Gasteiger partial charge in [-0.05, 0) is 49.4 Å². The fourth-order valence-electron chi connectivity index (χ4n) is 2.73. The van der Waals surface area contributed by atoms with Crippen LogP contribution < -0.4 is 10.1 Å². The van der Waals surface area contributed by atoms with Gasteiger partial charge in [0.2, 0.25) is 0 Å². The second-order valence-corrected chi connectivity index (χ2v) is 6.57. The van der Waals surface area contributed by atoms with E-state index in [0.29, 0.717) is 11.5 Å². The van der Waals surface area contributed by atoms with Crippen molar-refractivity contribution in [2.75, 3.05) is 19.5 Å². The molecule has 0 fully saturated rings. The standard InChI is InChI=1S/C23H21NO7/c1-14-4-7-16(8-5-14)30-13-17-9-11-20(31-17)21(25)24-19-12-15(22(26)28-2)6-10-18(19)23(27)29-3/h4-12H,13H2,1-3H3,(H,24,25). The Labute approximate surface area is 178 Å². The summed E-state index contributed by atoms with van der Waals surface area (Å²) in [4.78, 5) is 36.5. The predicted octanol–water partition coefficient (Wildman–Crippen LogP) is 3.99. The topological polar surface area (TPSA) is 104 Å². The Balaban J connectivity index is 1.74. The summed E-state index contributed by atoms with van der Waals surface area (Å²) in [5.74, 6) is -0.744. The molecule has 3 aromatic rings. The predicted molar refractivity (Wildman–Crippen MR) is 111 cm³/mol. The summed E-state index contributed by atoms with van der Waals surface area (Å²) in [6.07, 6.45) is 0. The lowest BCUT2D eigenvalue weighted by atomic mass is 10.1. The van der Waals surface area contributed by atoms with E-state index in [0.717, 1.165) is 5.56 Å². The van der Waals surface area contributed by atoms with Gasteiger partial charge in [-0.2, -0.15) is 0 Å². The largest absolute Gasteiger partial charge is 0.486 e. The number of ether oxygens (including phenoxy) is 3. The molecular weight excluding hydrogens is 402 g/mol. The molecule has 0 aliphatic heterocycles. The second kappa shape index (κ2) is 9.62. The molecule has 1 heterocycles. The number of carbonyl (C=O) groups is 3. The molecule has 0 spiro atoms. The third kappa shape index (κ3) is 5.30. The Morgan fingerprint density at radius 1 is 0.903 bits per heavy atom. The van der Waals surface area contributed by atoms with Crippen LogP contribution in [0, 0.1) is 6.92 Å². The zero-order valence-corrected chi connectivity index (χ0v) is 17.3. The van der Waals surface area contributed by atoms with E-state index >= 15 is 0 Å². The van der Waals surface area contributed by atoms with Crippen LogP contribution in [0.3, 0.4) is 0 Å². The molecule has 8 nitrogen and oxygen atoms in total. The van der Waals surface area contributed by atoms with Crippen molar-refractivity contribution in [2.24, 2.45) is 0 Å². The van der Waals surface area contributed by atoms with Gasteiger partial charge in [-0.1, -0.05) is 17.7 Å². The average Bonchev–Trinajstić information content (AvgIpc) is 3.27. The molecule has 2 aromatic carbocycles. The number of carbonyl (C=O) groups excluding carboxylic acids is 3. The number of benzene rings is 2. The van der Waals surface area contributed by atoms with Gasteiger partial charge >= 0.3 is 11.9 Å². The van der Waals surface area contributed by atoms with Gasteiger partial charge in [0.1, 0.15) is 18.1 Å². The Bertz CT molecular complexity index is 1100. The van der Waals surface area contributed by atoms with E-state index in [1.165, 1.54) is 38.5 Å². The zero-order valence-electron chi connectivity index (χ0n) is 17.3. The molecule has 0 atom stereocenters. The molecule has 0 unspecified atom stereocenters. The SMILES string of the molecule is COC(=O)c1ccc(C(=O)OC)c(NC(=O)c2ccc(COc3ccc(C)cc3)o2)c1. The first-order valence-corrected chi connectivity index (χ1v) is 9.31. The summed E-state index contributed by atoms with van der Waals surface area (Å²) in [5.41, 5.74) is 1.45. The first-order chi connectivity index (χ1) is 14.9. The van der Waals surface area contributed by atoms with Gasteiger partial charge in [0, 0.05) is 0 Å². The quantitative estimate of drug-likeness (QED) is 0.573. The van der Waals surface area contributed by atoms with E-state index in [1.807, 2.05) is 31.2 Å². The van der Waals surface area contributed by atoms with Crippen molar-refractivity contribution in [1.29, 1.82) is 0 Å². The van der Waals surface area contributed by atoms with Crippen molar-refractivity contribution in [3.05, 3.63) is 82.8 Å². The lowest BCUT2D eigenvalue weighted by molar-refractivity contribution is 0.0587. The highest BCUT2D eigenvalue weighted by molar-refractivity contribution is 6.07. The highest BCUT2D eigenvalue weighted by Gasteiger charge is 2.19. The van der Waals surface area contributed by atoms with Gasteiger partial charge in [0.05, 0.1) is 31.0 Å². The minimum Gasteiger partial charge on any atom is -0.486 e. The number of furan rings is 1. The van der Waals surface area contributed by atoms with Gasteiger partial charge in [0.25, 0.3) is 5.91 Å². The number of nitrogens with one attached hydrogen (secondary N) is 1. The lowest BCUT2D eigenvalue weighted by Gasteiger charge is -2.10. The molecular formula is C23H21NO7. The number of methoxy groups -OCH3 is 2. The third-order valence-corrected chi connectivity index (χ3v) is 4.38. The summed E-state index contributed by atoms with van der Waals surface area (Å²) in [6.45, 7) is 2.12. The Morgan fingerprint density at radius 2 is 1.61 bits per heavy atom. The van der Waals surface area contributed by atoms with Gasteiger partial charge < -0.3 is 23.9 Å². The summed E-state index contributed by atoms with van der Waals surface area (Å²) in [6, 6.07) is 14.8. The zero-order chi connectivity index (χ0) is 22.4. The molecule has 160 valence electrons. The van der Waals surface area contributed by atoms with Crippen molar-refractivity contribution in [2.45, 2.75) is 13.5 Å². The van der Waals surface area contributed by atoms with Crippen molar-refractivity contribution in [3.63, 3.8) is 0 Å². The van der Waals surface area contributed by atoms with Crippen LogP contribution in [0.4, 0.5) is 5.69 Å². The Hall–Kier alpha value is -4.07. The molecule has 0 saturated heterocycles. The first-order valence-electron chi connectivity index (χ1n) is 9.31. The maximum Gasteiger partial charge on any atom is 0.339 e. The molecule has 0 bridgehead atoms. The second-order valence-electron chi connectivity index (χ2n) is 6.57. The van der Waals surface area contributed by atoms with Gasteiger partial charge in [-0.25, -0.2) is 9.59 Å². The summed E-state index contributed by atoms with van der Waals surface area (Å²) < 4.78 is 20.6. The van der Waals surface area contributed by atoms with E-state index < -0.39 is 17.8 Å². The van der Waals surface area contributed by atoms with Crippen molar-refractivity contribution < 1.29 is 33.0 Å². The molecule has 0 aliphatic carbocycles. The number of anilines is 1. The molecule has 8 heteroatoms. The monoisotopic (exact) mass is 423 g/mol. The van der Waals surface area contributed by atoms with Crippen molar-refractivity contribution in [3.8, 4) is 5.75 Å². The summed E-state index contributed by atoms with van der Waals surface area (Å²) in [7, 11) is 2.45. The van der Waals surface area contributed by atoms with E-state index in [4.69, 9.17) is 13.9 Å². The number of aryl methyl sites for hydroxylation is 1.